The molecule has 4 heteroatoms. The Bertz CT molecular complexity index is 441. The summed E-state index contributed by atoms with van der Waals surface area (Å²) < 4.78 is 5.17. The number of hydrogen-bond donors (Lipinski definition) is 1. The van der Waals surface area contributed by atoms with Crippen molar-refractivity contribution in [1.29, 1.82) is 0 Å². The van der Waals surface area contributed by atoms with Crippen molar-refractivity contribution < 1.29 is 14.3 Å². The number of nitrogens with one attached hydrogen (secondary N) is 1. The highest BCUT2D eigenvalue weighted by Gasteiger charge is 2.12. The zero-order valence-electron chi connectivity index (χ0n) is 11.1. The summed E-state index contributed by atoms with van der Waals surface area (Å²) in [5, 5.41) is 2.54. The first kappa shape index (κ1) is 14.2. The van der Waals surface area contributed by atoms with Gasteiger partial charge in [0, 0.05) is 19.9 Å². The van der Waals surface area contributed by atoms with E-state index in [1.54, 1.807) is 20.2 Å². The Morgan fingerprint density at radius 2 is 2.00 bits per heavy atom. The molecule has 0 saturated carbocycles. The van der Waals surface area contributed by atoms with Crippen molar-refractivity contribution in [1.82, 2.24) is 5.32 Å². The first-order valence-electron chi connectivity index (χ1n) is 5.97. The monoisotopic (exact) mass is 249 g/mol. The van der Waals surface area contributed by atoms with E-state index in [1.165, 1.54) is 0 Å². The molecule has 0 fully saturated rings. The van der Waals surface area contributed by atoms with Gasteiger partial charge in [0.05, 0.1) is 12.7 Å². The number of benzene rings is 1. The van der Waals surface area contributed by atoms with Crippen LogP contribution in [0.3, 0.4) is 0 Å². The number of Topliss-reactive ketones (excluding diaryl/α,β-unsaturated/α-hetero) is 1. The van der Waals surface area contributed by atoms with Gasteiger partial charge in [-0.05, 0) is 25.5 Å². The predicted octanol–water partition coefficient (Wildman–Crippen LogP) is 2.10. The van der Waals surface area contributed by atoms with E-state index in [0.29, 0.717) is 30.6 Å². The number of carbonyl (C=O) groups is 2. The van der Waals surface area contributed by atoms with Gasteiger partial charge in [-0.3, -0.25) is 9.59 Å². The molecule has 0 atom stereocenters. The van der Waals surface area contributed by atoms with E-state index >= 15 is 0 Å². The summed E-state index contributed by atoms with van der Waals surface area (Å²) in [6.45, 7) is 1.93. The SMILES string of the molecule is CNC(=O)CCCC(=O)c1cc(C)ccc1OC. The largest absolute Gasteiger partial charge is 0.496 e. The van der Waals surface area contributed by atoms with Crippen molar-refractivity contribution in [2.75, 3.05) is 14.2 Å². The summed E-state index contributed by atoms with van der Waals surface area (Å²) in [7, 11) is 3.14. The zero-order chi connectivity index (χ0) is 13.5. The lowest BCUT2D eigenvalue weighted by molar-refractivity contribution is -0.120. The molecule has 0 aliphatic heterocycles. The van der Waals surface area contributed by atoms with E-state index in [9.17, 15) is 9.59 Å². The minimum absolute atomic E-state index is 0.0134. The third-order valence-electron chi connectivity index (χ3n) is 2.74. The van der Waals surface area contributed by atoms with Crippen LogP contribution in [-0.4, -0.2) is 25.8 Å². The van der Waals surface area contributed by atoms with Gasteiger partial charge < -0.3 is 10.1 Å². The van der Waals surface area contributed by atoms with E-state index in [4.69, 9.17) is 4.74 Å². The summed E-state index contributed by atoms with van der Waals surface area (Å²) in [5.74, 6) is 0.559. The second-order valence-corrected chi connectivity index (χ2v) is 4.15. The van der Waals surface area contributed by atoms with Crippen molar-refractivity contribution in [3.8, 4) is 5.75 Å². The normalized spacial score (nSPS) is 9.94. The summed E-state index contributed by atoms with van der Waals surface area (Å²) in [5.41, 5.74) is 1.61. The molecule has 18 heavy (non-hydrogen) atoms. The van der Waals surface area contributed by atoms with Crippen LogP contribution in [0.5, 0.6) is 5.75 Å². The Kier molecular flexibility index (Phi) is 5.36. The fourth-order valence-electron chi connectivity index (χ4n) is 1.71. The second kappa shape index (κ2) is 6.79. The quantitative estimate of drug-likeness (QED) is 0.785. The van der Waals surface area contributed by atoms with Crippen LogP contribution in [0.2, 0.25) is 0 Å². The molecule has 0 heterocycles. The van der Waals surface area contributed by atoms with Crippen molar-refractivity contribution in [2.24, 2.45) is 0 Å². The van der Waals surface area contributed by atoms with Gasteiger partial charge in [-0.15, -0.1) is 0 Å². The van der Waals surface area contributed by atoms with Crippen molar-refractivity contribution in [3.05, 3.63) is 29.3 Å². The number of methoxy groups -OCH3 is 1. The molecule has 0 aliphatic carbocycles. The van der Waals surface area contributed by atoms with Crippen molar-refractivity contribution >= 4 is 11.7 Å². The van der Waals surface area contributed by atoms with E-state index in [2.05, 4.69) is 5.32 Å². The van der Waals surface area contributed by atoms with Crippen LogP contribution < -0.4 is 10.1 Å². The van der Waals surface area contributed by atoms with Crippen LogP contribution in [0.1, 0.15) is 35.2 Å². The predicted molar refractivity (Wildman–Crippen MR) is 70.0 cm³/mol. The van der Waals surface area contributed by atoms with Gasteiger partial charge in [0.1, 0.15) is 5.75 Å². The lowest BCUT2D eigenvalue weighted by atomic mass is 10.0. The van der Waals surface area contributed by atoms with Gasteiger partial charge in [-0.25, -0.2) is 0 Å². The highest BCUT2D eigenvalue weighted by Crippen LogP contribution is 2.21. The third-order valence-corrected chi connectivity index (χ3v) is 2.74. The fourth-order valence-corrected chi connectivity index (χ4v) is 1.71. The third kappa shape index (κ3) is 3.87. The van der Waals surface area contributed by atoms with Gasteiger partial charge in [0.15, 0.2) is 5.78 Å². The van der Waals surface area contributed by atoms with Crippen molar-refractivity contribution in [2.45, 2.75) is 26.2 Å². The fraction of sp³-hybridized carbons (Fsp3) is 0.429. The second-order valence-electron chi connectivity index (χ2n) is 4.15. The first-order chi connectivity index (χ1) is 8.58. The molecule has 98 valence electrons. The number of hydrogen-bond acceptors (Lipinski definition) is 3. The average Bonchev–Trinajstić information content (AvgIpc) is 2.38. The molecule has 1 aromatic rings. The highest BCUT2D eigenvalue weighted by molar-refractivity contribution is 5.99. The zero-order valence-corrected chi connectivity index (χ0v) is 11.1. The molecule has 0 radical (unpaired) electrons. The Morgan fingerprint density at radius 3 is 2.61 bits per heavy atom. The van der Waals surface area contributed by atoms with Crippen LogP contribution in [0.4, 0.5) is 0 Å². The van der Waals surface area contributed by atoms with E-state index in [-0.39, 0.29) is 11.7 Å². The molecule has 0 aliphatic rings. The summed E-state index contributed by atoms with van der Waals surface area (Å²) in [4.78, 5) is 23.1. The van der Waals surface area contributed by atoms with Crippen LogP contribution in [0.25, 0.3) is 0 Å². The minimum atomic E-state index is -0.0426. The average molecular weight is 249 g/mol. The maximum atomic E-state index is 12.0. The molecular formula is C14H19NO3. The lowest BCUT2D eigenvalue weighted by Crippen LogP contribution is -2.17. The van der Waals surface area contributed by atoms with Crippen molar-refractivity contribution in [3.63, 3.8) is 0 Å². The van der Waals surface area contributed by atoms with E-state index in [0.717, 1.165) is 5.56 Å². The van der Waals surface area contributed by atoms with Gasteiger partial charge in [0.25, 0.3) is 0 Å². The number of amides is 1. The number of aryl methyl sites for hydroxylation is 1. The standard InChI is InChI=1S/C14H19NO3/c1-10-7-8-13(18-3)11(9-10)12(16)5-4-6-14(17)15-2/h7-9H,4-6H2,1-3H3,(H,15,17). The number of carbonyl (C=O) groups excluding carboxylic acids is 2. The van der Waals surface area contributed by atoms with Crippen LogP contribution in [0.15, 0.2) is 18.2 Å². The first-order valence-corrected chi connectivity index (χ1v) is 5.97. The van der Waals surface area contributed by atoms with Gasteiger partial charge in [0.2, 0.25) is 5.91 Å². The topological polar surface area (TPSA) is 55.4 Å². The highest BCUT2D eigenvalue weighted by atomic mass is 16.5. The maximum absolute atomic E-state index is 12.0. The van der Waals surface area contributed by atoms with Gasteiger partial charge >= 0.3 is 0 Å². The molecule has 1 aromatic carbocycles. The van der Waals surface area contributed by atoms with Gasteiger partial charge in [-0.2, -0.15) is 0 Å². The molecule has 4 nitrogen and oxygen atoms in total. The minimum Gasteiger partial charge on any atom is -0.496 e. The molecule has 1 rings (SSSR count). The molecule has 0 bridgehead atoms. The molecule has 1 amide bonds. The Hall–Kier alpha value is -1.84. The number of rotatable bonds is 6. The smallest absolute Gasteiger partial charge is 0.219 e. The summed E-state index contributed by atoms with van der Waals surface area (Å²) >= 11 is 0. The Labute approximate surface area is 107 Å². The van der Waals surface area contributed by atoms with Gasteiger partial charge in [-0.1, -0.05) is 11.6 Å². The molecule has 1 N–H and O–H groups in total. The molecule has 0 aromatic heterocycles. The molecule has 0 spiro atoms. The number of ketones is 1. The van der Waals surface area contributed by atoms with E-state index in [1.807, 2.05) is 19.1 Å². The van der Waals surface area contributed by atoms with Crippen LogP contribution in [-0.2, 0) is 4.79 Å². The molecule has 0 unspecified atom stereocenters. The Morgan fingerprint density at radius 1 is 1.28 bits per heavy atom. The lowest BCUT2D eigenvalue weighted by Gasteiger charge is -2.08. The van der Waals surface area contributed by atoms with Crippen LogP contribution in [0, 0.1) is 6.92 Å². The van der Waals surface area contributed by atoms with E-state index < -0.39 is 0 Å². The summed E-state index contributed by atoms with van der Waals surface area (Å²) in [6.07, 6.45) is 1.28. The van der Waals surface area contributed by atoms with Crippen LogP contribution >= 0.6 is 0 Å². The maximum Gasteiger partial charge on any atom is 0.219 e. The summed E-state index contributed by atoms with van der Waals surface area (Å²) in [6, 6.07) is 5.52. The molecule has 0 saturated heterocycles. The Balaban J connectivity index is 2.66. The molecular weight excluding hydrogens is 230 g/mol. The number of ether oxygens (including phenoxy) is 1.